The SMILES string of the molecule is [B]c1ccc(C(C)NC(=O)C2CCC(NS(=O)(=O)c3ccc(C(F)(F)F)cc3)CC2)cc1. The second kappa shape index (κ2) is 9.66. The van der Waals surface area contributed by atoms with Crippen LogP contribution in [0.5, 0.6) is 0 Å². The van der Waals surface area contributed by atoms with Gasteiger partial charge in [-0.1, -0.05) is 29.7 Å². The molecule has 0 aliphatic heterocycles. The van der Waals surface area contributed by atoms with E-state index in [4.69, 9.17) is 7.85 Å². The van der Waals surface area contributed by atoms with Crippen molar-refractivity contribution in [3.63, 3.8) is 0 Å². The van der Waals surface area contributed by atoms with Crippen molar-refractivity contribution in [1.29, 1.82) is 0 Å². The molecular weight excluding hydrogens is 440 g/mol. The second-order valence-corrected chi connectivity index (χ2v) is 9.80. The third-order valence-electron chi connectivity index (χ3n) is 5.71. The first kappa shape index (κ1) is 24.3. The van der Waals surface area contributed by atoms with Gasteiger partial charge >= 0.3 is 6.18 Å². The largest absolute Gasteiger partial charge is 0.416 e. The molecule has 0 saturated heterocycles. The van der Waals surface area contributed by atoms with Crippen LogP contribution in [-0.4, -0.2) is 28.2 Å². The molecule has 1 atom stereocenters. The summed E-state index contributed by atoms with van der Waals surface area (Å²) in [5, 5.41) is 2.98. The molecule has 3 rings (SSSR count). The van der Waals surface area contributed by atoms with Crippen LogP contribution in [0.1, 0.15) is 49.8 Å². The molecule has 1 saturated carbocycles. The molecule has 10 heteroatoms. The number of benzene rings is 2. The molecule has 1 amide bonds. The van der Waals surface area contributed by atoms with Gasteiger partial charge in [-0.15, -0.1) is 0 Å². The van der Waals surface area contributed by atoms with Crippen LogP contribution < -0.4 is 15.5 Å². The number of hydrogen-bond acceptors (Lipinski definition) is 3. The van der Waals surface area contributed by atoms with Gasteiger partial charge in [-0.25, -0.2) is 13.1 Å². The number of carbonyl (C=O) groups is 1. The number of sulfonamides is 1. The minimum atomic E-state index is -4.53. The maximum absolute atomic E-state index is 12.7. The van der Waals surface area contributed by atoms with Gasteiger partial charge < -0.3 is 5.32 Å². The van der Waals surface area contributed by atoms with Gasteiger partial charge in [0.05, 0.1) is 16.5 Å². The highest BCUT2D eigenvalue weighted by atomic mass is 32.2. The summed E-state index contributed by atoms with van der Waals surface area (Å²) in [6.45, 7) is 1.88. The van der Waals surface area contributed by atoms with Gasteiger partial charge in [0.1, 0.15) is 7.85 Å². The van der Waals surface area contributed by atoms with Crippen LogP contribution in [0.15, 0.2) is 53.4 Å². The predicted octanol–water partition coefficient (Wildman–Crippen LogP) is 3.21. The molecule has 1 aliphatic carbocycles. The second-order valence-electron chi connectivity index (χ2n) is 8.09. The van der Waals surface area contributed by atoms with E-state index in [0.29, 0.717) is 31.1 Å². The summed E-state index contributed by atoms with van der Waals surface area (Å²) in [6.07, 6.45) is -2.57. The zero-order valence-electron chi connectivity index (χ0n) is 17.5. The van der Waals surface area contributed by atoms with Crippen molar-refractivity contribution >= 4 is 29.2 Å². The van der Waals surface area contributed by atoms with Crippen molar-refractivity contribution in [3.05, 3.63) is 59.7 Å². The first-order chi connectivity index (χ1) is 15.0. The summed E-state index contributed by atoms with van der Waals surface area (Å²) in [4.78, 5) is 12.4. The van der Waals surface area contributed by atoms with E-state index in [1.807, 2.05) is 19.1 Å². The topological polar surface area (TPSA) is 75.3 Å². The Bertz CT molecular complexity index is 1030. The molecule has 0 spiro atoms. The molecule has 2 radical (unpaired) electrons. The maximum atomic E-state index is 12.7. The van der Waals surface area contributed by atoms with Crippen molar-refractivity contribution < 1.29 is 26.4 Å². The highest BCUT2D eigenvalue weighted by molar-refractivity contribution is 7.89. The van der Waals surface area contributed by atoms with Crippen molar-refractivity contribution in [2.24, 2.45) is 5.92 Å². The van der Waals surface area contributed by atoms with E-state index >= 15 is 0 Å². The molecule has 0 aromatic heterocycles. The number of carbonyl (C=O) groups excluding carboxylic acids is 1. The van der Waals surface area contributed by atoms with Gasteiger partial charge in [0.15, 0.2) is 0 Å². The van der Waals surface area contributed by atoms with Gasteiger partial charge in [-0.3, -0.25) is 4.79 Å². The minimum absolute atomic E-state index is 0.0848. The zero-order valence-corrected chi connectivity index (χ0v) is 18.3. The lowest BCUT2D eigenvalue weighted by Crippen LogP contribution is -2.41. The van der Waals surface area contributed by atoms with Crippen molar-refractivity contribution in [3.8, 4) is 0 Å². The molecule has 2 aromatic rings. The lowest BCUT2D eigenvalue weighted by atomic mass is 9.85. The first-order valence-electron chi connectivity index (χ1n) is 10.3. The van der Waals surface area contributed by atoms with Gasteiger partial charge in [-0.05, 0) is 62.4 Å². The highest BCUT2D eigenvalue weighted by Crippen LogP contribution is 2.30. The number of alkyl halides is 3. The fraction of sp³-hybridized carbons (Fsp3) is 0.409. The number of rotatable bonds is 6. The number of hydrogen-bond donors (Lipinski definition) is 2. The van der Waals surface area contributed by atoms with Crippen LogP contribution in [-0.2, 0) is 21.0 Å². The molecule has 32 heavy (non-hydrogen) atoms. The summed E-state index contributed by atoms with van der Waals surface area (Å²) >= 11 is 0. The van der Waals surface area contributed by atoms with E-state index in [1.54, 1.807) is 12.1 Å². The van der Waals surface area contributed by atoms with Crippen molar-refractivity contribution in [2.75, 3.05) is 0 Å². The lowest BCUT2D eigenvalue weighted by Gasteiger charge is -2.29. The third-order valence-corrected chi connectivity index (χ3v) is 7.24. The van der Waals surface area contributed by atoms with Crippen LogP contribution in [0, 0.1) is 5.92 Å². The fourth-order valence-corrected chi connectivity index (χ4v) is 5.09. The number of halogens is 3. The molecule has 1 fully saturated rings. The van der Waals surface area contributed by atoms with Gasteiger partial charge in [-0.2, -0.15) is 13.2 Å². The maximum Gasteiger partial charge on any atom is 0.416 e. The Balaban J connectivity index is 1.52. The molecule has 1 unspecified atom stereocenters. The summed E-state index contributed by atoms with van der Waals surface area (Å²) in [5.74, 6) is -0.309. The number of amides is 1. The van der Waals surface area contributed by atoms with Crippen molar-refractivity contribution in [2.45, 2.75) is 55.8 Å². The molecule has 1 aliphatic rings. The molecule has 5 nitrogen and oxygen atoms in total. The zero-order chi connectivity index (χ0) is 23.5. The van der Waals surface area contributed by atoms with E-state index in [-0.39, 0.29) is 28.8 Å². The van der Waals surface area contributed by atoms with Crippen LogP contribution in [0.4, 0.5) is 13.2 Å². The van der Waals surface area contributed by atoms with E-state index < -0.39 is 21.8 Å². The Labute approximate surface area is 187 Å². The summed E-state index contributed by atoms with van der Waals surface area (Å²) < 4.78 is 65.6. The van der Waals surface area contributed by atoms with Gasteiger partial charge in [0.2, 0.25) is 15.9 Å². The van der Waals surface area contributed by atoms with Gasteiger partial charge in [0, 0.05) is 12.0 Å². The molecule has 0 bridgehead atoms. The van der Waals surface area contributed by atoms with Gasteiger partial charge in [0.25, 0.3) is 0 Å². The summed E-state index contributed by atoms with van der Waals surface area (Å²) in [5.41, 5.74) is 0.672. The Morgan fingerprint density at radius 1 is 1.00 bits per heavy atom. The average Bonchev–Trinajstić information content (AvgIpc) is 2.74. The molecule has 2 N–H and O–H groups in total. The van der Waals surface area contributed by atoms with Crippen LogP contribution in [0.2, 0.25) is 0 Å². The normalized spacial score (nSPS) is 20.5. The van der Waals surface area contributed by atoms with E-state index in [1.165, 1.54) is 0 Å². The summed E-state index contributed by atoms with van der Waals surface area (Å²) in [6, 6.07) is 10.1. The van der Waals surface area contributed by atoms with Crippen LogP contribution in [0.25, 0.3) is 0 Å². The Hall–Kier alpha value is -2.33. The molecule has 0 heterocycles. The minimum Gasteiger partial charge on any atom is -0.349 e. The smallest absolute Gasteiger partial charge is 0.349 e. The monoisotopic (exact) mass is 464 g/mol. The average molecular weight is 464 g/mol. The lowest BCUT2D eigenvalue weighted by molar-refractivity contribution is -0.137. The van der Waals surface area contributed by atoms with E-state index in [9.17, 15) is 26.4 Å². The van der Waals surface area contributed by atoms with Crippen LogP contribution in [0.3, 0.4) is 0 Å². The quantitative estimate of drug-likeness (QED) is 0.645. The molecule has 170 valence electrons. The molecular formula is C22H24BF3N2O3S. The summed E-state index contributed by atoms with van der Waals surface area (Å²) in [7, 11) is 1.73. The first-order valence-corrected chi connectivity index (χ1v) is 11.8. The Morgan fingerprint density at radius 3 is 2.09 bits per heavy atom. The van der Waals surface area contributed by atoms with Crippen LogP contribution >= 0.6 is 0 Å². The third kappa shape index (κ3) is 6.13. The molecule has 2 aromatic carbocycles. The Morgan fingerprint density at radius 2 is 1.56 bits per heavy atom. The Kier molecular flexibility index (Phi) is 7.34. The fourth-order valence-electron chi connectivity index (χ4n) is 3.78. The predicted molar refractivity (Wildman–Crippen MR) is 116 cm³/mol. The van der Waals surface area contributed by atoms with E-state index in [2.05, 4.69) is 10.0 Å². The standard InChI is InChI=1S/C22H24BF3N2O3S/c1-14(15-2-8-18(23)9-3-15)27-21(29)16-4-10-19(11-5-16)28-32(30,31)20-12-6-17(7-13-20)22(24,25)26/h2-3,6-9,12-14,16,19,28H,4-5,10-11H2,1H3,(H,27,29). The van der Waals surface area contributed by atoms with Crippen molar-refractivity contribution in [1.82, 2.24) is 10.0 Å². The highest BCUT2D eigenvalue weighted by Gasteiger charge is 2.32. The number of nitrogens with one attached hydrogen (secondary N) is 2. The van der Waals surface area contributed by atoms with E-state index in [0.717, 1.165) is 29.8 Å².